The molecule has 0 spiro atoms. The third kappa shape index (κ3) is 6.92. The highest BCUT2D eigenvalue weighted by molar-refractivity contribution is 7.99. The lowest BCUT2D eigenvalue weighted by Gasteiger charge is -2.32. The summed E-state index contributed by atoms with van der Waals surface area (Å²) in [5.74, 6) is 0.123. The van der Waals surface area contributed by atoms with Crippen molar-refractivity contribution in [2.24, 2.45) is 5.92 Å². The third-order valence-corrected chi connectivity index (χ3v) is 6.17. The topological polar surface area (TPSA) is 114 Å². The number of thioether (sulfide) groups is 1. The number of aromatic nitrogens is 2. The Morgan fingerprint density at radius 1 is 1.18 bits per heavy atom. The van der Waals surface area contributed by atoms with Gasteiger partial charge >= 0.3 is 5.97 Å². The van der Waals surface area contributed by atoms with Crippen molar-refractivity contribution in [2.45, 2.75) is 31.2 Å². The van der Waals surface area contributed by atoms with Crippen LogP contribution in [0, 0.1) is 5.92 Å². The van der Waals surface area contributed by atoms with E-state index in [1.165, 1.54) is 18.9 Å². The van der Waals surface area contributed by atoms with Crippen LogP contribution in [0.3, 0.4) is 0 Å². The van der Waals surface area contributed by atoms with Gasteiger partial charge in [0, 0.05) is 19.6 Å². The van der Waals surface area contributed by atoms with Gasteiger partial charge in [-0.1, -0.05) is 30.8 Å². The summed E-state index contributed by atoms with van der Waals surface area (Å²) in [5, 5.41) is 14.8. The van der Waals surface area contributed by atoms with E-state index in [2.05, 4.69) is 25.7 Å². The summed E-state index contributed by atoms with van der Waals surface area (Å²) in [5.41, 5.74) is 0.699. The van der Waals surface area contributed by atoms with E-state index in [0.29, 0.717) is 29.4 Å². The summed E-state index contributed by atoms with van der Waals surface area (Å²) < 4.78 is 4.75. The molecule has 1 aromatic heterocycles. The lowest BCUT2D eigenvalue weighted by molar-refractivity contribution is -0.125. The summed E-state index contributed by atoms with van der Waals surface area (Å²) in [6.07, 6.45) is 2.72. The van der Waals surface area contributed by atoms with Gasteiger partial charge in [-0.2, -0.15) is 0 Å². The highest BCUT2D eigenvalue weighted by Crippen LogP contribution is 2.23. The van der Waals surface area contributed by atoms with E-state index in [0.717, 1.165) is 31.6 Å². The Morgan fingerprint density at radius 3 is 2.73 bits per heavy atom. The van der Waals surface area contributed by atoms with Gasteiger partial charge in [-0.25, -0.2) is 4.79 Å². The van der Waals surface area contributed by atoms with Crippen LogP contribution in [0.5, 0.6) is 0 Å². The number of esters is 1. The van der Waals surface area contributed by atoms with Crippen LogP contribution in [-0.2, 0) is 14.3 Å². The second-order valence-electron chi connectivity index (χ2n) is 7.68. The Kier molecular flexibility index (Phi) is 9.05. The van der Waals surface area contributed by atoms with Gasteiger partial charge in [0.2, 0.25) is 11.8 Å². The molecule has 176 valence electrons. The molecule has 0 saturated carbocycles. The molecular formula is C23H29N5O4S. The van der Waals surface area contributed by atoms with E-state index in [1.807, 2.05) is 19.1 Å². The first kappa shape index (κ1) is 24.5. The number of amides is 2. The fraction of sp³-hybridized carbons (Fsp3) is 0.435. The lowest BCUT2D eigenvalue weighted by Crippen LogP contribution is -2.43. The minimum atomic E-state index is -0.511. The molecule has 9 nitrogen and oxygen atoms in total. The van der Waals surface area contributed by atoms with Gasteiger partial charge in [0.05, 0.1) is 30.0 Å². The fourth-order valence-electron chi connectivity index (χ4n) is 3.56. The van der Waals surface area contributed by atoms with Gasteiger partial charge < -0.3 is 20.3 Å². The number of benzene rings is 1. The predicted molar refractivity (Wildman–Crippen MR) is 127 cm³/mol. The van der Waals surface area contributed by atoms with Gasteiger partial charge in [-0.05, 0) is 43.5 Å². The predicted octanol–water partition coefficient (Wildman–Crippen LogP) is 2.74. The highest BCUT2D eigenvalue weighted by Gasteiger charge is 2.26. The summed E-state index contributed by atoms with van der Waals surface area (Å²) in [7, 11) is 1.30. The van der Waals surface area contributed by atoms with Crippen molar-refractivity contribution in [2.75, 3.05) is 42.7 Å². The van der Waals surface area contributed by atoms with Crippen molar-refractivity contribution in [3.63, 3.8) is 0 Å². The first-order chi connectivity index (χ1) is 16.0. The molecule has 2 N–H and O–H groups in total. The number of anilines is 2. The summed E-state index contributed by atoms with van der Waals surface area (Å²) in [6.45, 7) is 4.19. The zero-order valence-corrected chi connectivity index (χ0v) is 19.7. The summed E-state index contributed by atoms with van der Waals surface area (Å²) >= 11 is 1.25. The Bertz CT molecular complexity index is 970. The highest BCUT2D eigenvalue weighted by atomic mass is 32.2. The average molecular weight is 472 g/mol. The van der Waals surface area contributed by atoms with E-state index in [-0.39, 0.29) is 23.5 Å². The Morgan fingerprint density at radius 2 is 2.00 bits per heavy atom. The maximum atomic E-state index is 12.4. The van der Waals surface area contributed by atoms with Crippen LogP contribution >= 0.6 is 11.8 Å². The molecule has 1 saturated heterocycles. The zero-order chi connectivity index (χ0) is 23.6. The SMILES string of the molecule is CCCNC(=O)[C@@H]1CCCN(c2ccc(SCC(=O)Nc3ccccc3C(=O)OC)nn2)C1. The largest absolute Gasteiger partial charge is 0.465 e. The van der Waals surface area contributed by atoms with Crippen LogP contribution in [-0.4, -0.2) is 60.5 Å². The average Bonchev–Trinajstić information content (AvgIpc) is 2.86. The first-order valence-corrected chi connectivity index (χ1v) is 12.0. The second kappa shape index (κ2) is 12.2. The number of carbonyl (C=O) groups is 3. The number of rotatable bonds is 9. The van der Waals surface area contributed by atoms with Gasteiger partial charge in [-0.15, -0.1) is 10.2 Å². The number of hydrogen-bond donors (Lipinski definition) is 2. The molecule has 0 unspecified atom stereocenters. The number of piperidine rings is 1. The molecule has 0 radical (unpaired) electrons. The van der Waals surface area contributed by atoms with Crippen molar-refractivity contribution < 1.29 is 19.1 Å². The van der Waals surface area contributed by atoms with Crippen molar-refractivity contribution in [3.8, 4) is 0 Å². The van der Waals surface area contributed by atoms with Gasteiger partial charge in [0.15, 0.2) is 5.82 Å². The van der Waals surface area contributed by atoms with Gasteiger partial charge in [0.1, 0.15) is 5.03 Å². The molecule has 1 fully saturated rings. The maximum absolute atomic E-state index is 12.4. The molecule has 10 heteroatoms. The van der Waals surface area contributed by atoms with E-state index in [1.54, 1.807) is 24.3 Å². The van der Waals surface area contributed by atoms with Crippen LogP contribution in [0.15, 0.2) is 41.4 Å². The van der Waals surface area contributed by atoms with E-state index >= 15 is 0 Å². The Labute approximate surface area is 197 Å². The summed E-state index contributed by atoms with van der Waals surface area (Å²) in [6, 6.07) is 10.4. The van der Waals surface area contributed by atoms with E-state index in [9.17, 15) is 14.4 Å². The molecule has 2 heterocycles. The minimum absolute atomic E-state index is 0.0438. The molecule has 1 aliphatic heterocycles. The smallest absolute Gasteiger partial charge is 0.339 e. The van der Waals surface area contributed by atoms with Crippen LogP contribution in [0.4, 0.5) is 11.5 Å². The number of nitrogens with one attached hydrogen (secondary N) is 2. The molecule has 3 rings (SSSR count). The maximum Gasteiger partial charge on any atom is 0.339 e. The minimum Gasteiger partial charge on any atom is -0.465 e. The van der Waals surface area contributed by atoms with Crippen LogP contribution in [0.25, 0.3) is 0 Å². The normalized spacial score (nSPS) is 15.6. The van der Waals surface area contributed by atoms with Gasteiger partial charge in [-0.3, -0.25) is 9.59 Å². The monoisotopic (exact) mass is 471 g/mol. The molecule has 33 heavy (non-hydrogen) atoms. The van der Waals surface area contributed by atoms with Crippen LogP contribution < -0.4 is 15.5 Å². The van der Waals surface area contributed by atoms with Crippen molar-refractivity contribution in [1.29, 1.82) is 0 Å². The number of nitrogens with zero attached hydrogens (tertiary/aromatic N) is 3. The first-order valence-electron chi connectivity index (χ1n) is 11.0. The Balaban J connectivity index is 1.52. The van der Waals surface area contributed by atoms with Crippen molar-refractivity contribution >= 4 is 41.1 Å². The van der Waals surface area contributed by atoms with E-state index in [4.69, 9.17) is 4.74 Å². The number of carbonyl (C=O) groups excluding carboxylic acids is 3. The molecule has 1 aliphatic rings. The van der Waals surface area contributed by atoms with Crippen molar-refractivity contribution in [1.82, 2.24) is 15.5 Å². The zero-order valence-electron chi connectivity index (χ0n) is 18.9. The third-order valence-electron chi connectivity index (χ3n) is 5.25. The molecule has 1 atom stereocenters. The quantitative estimate of drug-likeness (QED) is 0.424. The molecular weight excluding hydrogens is 442 g/mol. The second-order valence-corrected chi connectivity index (χ2v) is 8.68. The lowest BCUT2D eigenvalue weighted by atomic mass is 9.97. The number of hydrogen-bond acceptors (Lipinski definition) is 8. The summed E-state index contributed by atoms with van der Waals surface area (Å²) in [4.78, 5) is 38.6. The molecule has 2 aromatic rings. The fourth-order valence-corrected chi connectivity index (χ4v) is 4.17. The van der Waals surface area contributed by atoms with E-state index < -0.39 is 5.97 Å². The number of ether oxygens (including phenoxy) is 1. The standard InChI is InChI=1S/C23H29N5O4S/c1-3-12-24-22(30)16-7-6-13-28(14-16)19-10-11-21(27-26-19)33-15-20(29)25-18-9-5-4-8-17(18)23(31)32-2/h4-5,8-11,16H,3,6-7,12-15H2,1-2H3,(H,24,30)(H,25,29)/t16-/m1/s1. The van der Waals surface area contributed by atoms with Crippen LogP contribution in [0.2, 0.25) is 0 Å². The molecule has 0 aliphatic carbocycles. The number of para-hydroxylation sites is 1. The van der Waals surface area contributed by atoms with Gasteiger partial charge in [0.25, 0.3) is 0 Å². The number of methoxy groups -OCH3 is 1. The Hall–Kier alpha value is -3.14. The van der Waals surface area contributed by atoms with Crippen molar-refractivity contribution in [3.05, 3.63) is 42.0 Å². The molecule has 1 aromatic carbocycles. The molecule has 2 amide bonds. The molecule has 0 bridgehead atoms. The van der Waals surface area contributed by atoms with Crippen LogP contribution in [0.1, 0.15) is 36.5 Å².